The van der Waals surface area contributed by atoms with Crippen molar-refractivity contribution in [3.05, 3.63) is 21.3 Å². The van der Waals surface area contributed by atoms with Gasteiger partial charge in [-0.25, -0.2) is 0 Å². The van der Waals surface area contributed by atoms with Crippen molar-refractivity contribution in [3.63, 3.8) is 0 Å². The third-order valence-corrected chi connectivity index (χ3v) is 5.91. The maximum atomic E-state index is 6.28. The third kappa shape index (κ3) is 2.34. The molecule has 1 aromatic rings. The van der Waals surface area contributed by atoms with Crippen molar-refractivity contribution in [1.82, 2.24) is 4.90 Å². The first-order chi connectivity index (χ1) is 8.65. The Kier molecular flexibility index (Phi) is 3.68. The second-order valence-electron chi connectivity index (χ2n) is 5.83. The number of nitrogens with zero attached hydrogens (tertiary/aromatic N) is 1. The second kappa shape index (κ2) is 5.12. The van der Waals surface area contributed by atoms with Gasteiger partial charge in [0.25, 0.3) is 0 Å². The number of rotatable bonds is 2. The van der Waals surface area contributed by atoms with Gasteiger partial charge in [-0.2, -0.15) is 0 Å². The molecule has 1 aliphatic heterocycles. The molecule has 4 heteroatoms. The van der Waals surface area contributed by atoms with Crippen LogP contribution in [-0.2, 0) is 0 Å². The Labute approximate surface area is 118 Å². The van der Waals surface area contributed by atoms with Crippen LogP contribution in [0.2, 0.25) is 4.34 Å². The molecule has 18 heavy (non-hydrogen) atoms. The van der Waals surface area contributed by atoms with Crippen LogP contribution in [0.5, 0.6) is 0 Å². The molecular formula is C14H21ClN2S. The standard InChI is InChI=1S/C14H21ClN2S/c1-9(11-5-14(15)18-8-11)17-6-10-3-2-4-13(16)12(10)7-17/h5,8-10,12-13H,2-4,6-7,16H2,1H3. The molecule has 0 amide bonds. The predicted octanol–water partition coefficient (Wildman–Crippen LogP) is 3.52. The molecule has 0 aromatic carbocycles. The minimum absolute atomic E-state index is 0.423. The zero-order chi connectivity index (χ0) is 12.7. The van der Waals surface area contributed by atoms with Crippen molar-refractivity contribution >= 4 is 22.9 Å². The predicted molar refractivity (Wildman–Crippen MR) is 78.1 cm³/mol. The van der Waals surface area contributed by atoms with E-state index in [0.29, 0.717) is 12.1 Å². The van der Waals surface area contributed by atoms with Gasteiger partial charge in [-0.05, 0) is 48.6 Å². The van der Waals surface area contributed by atoms with E-state index in [4.69, 9.17) is 17.3 Å². The number of thiophene rings is 1. The second-order valence-corrected chi connectivity index (χ2v) is 7.38. The maximum Gasteiger partial charge on any atom is 0.0931 e. The fraction of sp³-hybridized carbons (Fsp3) is 0.714. The number of hydrogen-bond donors (Lipinski definition) is 1. The Morgan fingerprint density at radius 2 is 2.28 bits per heavy atom. The summed E-state index contributed by atoms with van der Waals surface area (Å²) >= 11 is 7.67. The highest BCUT2D eigenvalue weighted by molar-refractivity contribution is 7.14. The SMILES string of the molecule is CC(c1csc(Cl)c1)N1CC2CCCC(N)C2C1. The fourth-order valence-corrected chi connectivity index (χ4v) is 4.60. The molecule has 1 aliphatic carbocycles. The summed E-state index contributed by atoms with van der Waals surface area (Å²) in [5.41, 5.74) is 7.64. The van der Waals surface area contributed by atoms with E-state index in [-0.39, 0.29) is 0 Å². The summed E-state index contributed by atoms with van der Waals surface area (Å²) in [6.45, 7) is 4.68. The zero-order valence-corrected chi connectivity index (χ0v) is 12.4. The van der Waals surface area contributed by atoms with Crippen molar-refractivity contribution in [3.8, 4) is 0 Å². The van der Waals surface area contributed by atoms with Crippen molar-refractivity contribution < 1.29 is 0 Å². The van der Waals surface area contributed by atoms with Crippen LogP contribution in [0.25, 0.3) is 0 Å². The molecule has 0 bridgehead atoms. The summed E-state index contributed by atoms with van der Waals surface area (Å²) < 4.78 is 0.894. The number of hydrogen-bond acceptors (Lipinski definition) is 3. The normalized spacial score (nSPS) is 34.5. The summed E-state index contributed by atoms with van der Waals surface area (Å²) in [5, 5.41) is 2.19. The molecule has 1 saturated carbocycles. The van der Waals surface area contributed by atoms with Gasteiger partial charge in [-0.15, -0.1) is 11.3 Å². The Balaban J connectivity index is 1.71. The quantitative estimate of drug-likeness (QED) is 0.900. The number of fused-ring (bicyclic) bond motifs is 1. The lowest BCUT2D eigenvalue weighted by molar-refractivity contribution is 0.245. The largest absolute Gasteiger partial charge is 0.327 e. The minimum Gasteiger partial charge on any atom is -0.327 e. The van der Waals surface area contributed by atoms with E-state index in [1.807, 2.05) is 0 Å². The molecule has 2 nitrogen and oxygen atoms in total. The molecule has 100 valence electrons. The van der Waals surface area contributed by atoms with Gasteiger partial charge in [0.05, 0.1) is 4.34 Å². The van der Waals surface area contributed by atoms with Crippen LogP contribution < -0.4 is 5.73 Å². The van der Waals surface area contributed by atoms with Gasteiger partial charge in [0.1, 0.15) is 0 Å². The Morgan fingerprint density at radius 3 is 2.94 bits per heavy atom. The van der Waals surface area contributed by atoms with E-state index in [9.17, 15) is 0 Å². The highest BCUT2D eigenvalue weighted by atomic mass is 35.5. The first kappa shape index (κ1) is 12.9. The van der Waals surface area contributed by atoms with Crippen LogP contribution in [0.3, 0.4) is 0 Å². The number of nitrogens with two attached hydrogens (primary N) is 1. The van der Waals surface area contributed by atoms with E-state index in [0.717, 1.165) is 16.2 Å². The first-order valence-corrected chi connectivity index (χ1v) is 8.14. The molecule has 0 spiro atoms. The van der Waals surface area contributed by atoms with Crippen molar-refractivity contribution in [2.24, 2.45) is 17.6 Å². The van der Waals surface area contributed by atoms with Crippen LogP contribution in [0.15, 0.2) is 11.4 Å². The van der Waals surface area contributed by atoms with Gasteiger partial charge in [-0.3, -0.25) is 4.90 Å². The molecule has 4 atom stereocenters. The van der Waals surface area contributed by atoms with Gasteiger partial charge in [0.15, 0.2) is 0 Å². The monoisotopic (exact) mass is 284 g/mol. The molecule has 2 aliphatic rings. The lowest BCUT2D eigenvalue weighted by Gasteiger charge is -2.30. The highest BCUT2D eigenvalue weighted by Crippen LogP contribution is 2.39. The van der Waals surface area contributed by atoms with Crippen molar-refractivity contribution in [1.29, 1.82) is 0 Å². The topological polar surface area (TPSA) is 29.3 Å². The van der Waals surface area contributed by atoms with Crippen LogP contribution >= 0.6 is 22.9 Å². The molecule has 2 fully saturated rings. The van der Waals surface area contributed by atoms with Crippen molar-refractivity contribution in [2.45, 2.75) is 38.3 Å². The lowest BCUT2D eigenvalue weighted by Crippen LogP contribution is -2.38. The Bertz CT molecular complexity index is 420. The fourth-order valence-electron chi connectivity index (χ4n) is 3.62. The zero-order valence-electron chi connectivity index (χ0n) is 10.8. The number of halogens is 1. The summed E-state index contributed by atoms with van der Waals surface area (Å²) in [6, 6.07) is 3.01. The molecule has 2 N–H and O–H groups in total. The van der Waals surface area contributed by atoms with Gasteiger partial charge in [0, 0.05) is 25.2 Å². The van der Waals surface area contributed by atoms with E-state index in [2.05, 4.69) is 23.3 Å². The molecule has 2 heterocycles. The average molecular weight is 285 g/mol. The highest BCUT2D eigenvalue weighted by Gasteiger charge is 2.40. The summed E-state index contributed by atoms with van der Waals surface area (Å²) in [6.07, 6.45) is 3.90. The van der Waals surface area contributed by atoms with Crippen LogP contribution in [0, 0.1) is 11.8 Å². The smallest absolute Gasteiger partial charge is 0.0931 e. The molecular weight excluding hydrogens is 264 g/mol. The molecule has 4 unspecified atom stereocenters. The van der Waals surface area contributed by atoms with Crippen LogP contribution in [0.4, 0.5) is 0 Å². The molecule has 1 aromatic heterocycles. The lowest BCUT2D eigenvalue weighted by atomic mass is 9.78. The van der Waals surface area contributed by atoms with Gasteiger partial charge >= 0.3 is 0 Å². The van der Waals surface area contributed by atoms with Crippen molar-refractivity contribution in [2.75, 3.05) is 13.1 Å². The van der Waals surface area contributed by atoms with Gasteiger partial charge in [-0.1, -0.05) is 18.0 Å². The van der Waals surface area contributed by atoms with Crippen LogP contribution in [-0.4, -0.2) is 24.0 Å². The molecule has 3 rings (SSSR count). The van der Waals surface area contributed by atoms with Crippen LogP contribution in [0.1, 0.15) is 37.8 Å². The first-order valence-electron chi connectivity index (χ1n) is 6.88. The Hall–Kier alpha value is -0.0900. The number of likely N-dealkylation sites (tertiary alicyclic amines) is 1. The minimum atomic E-state index is 0.423. The molecule has 1 saturated heterocycles. The Morgan fingerprint density at radius 1 is 1.44 bits per heavy atom. The van der Waals surface area contributed by atoms with E-state index in [1.165, 1.54) is 37.9 Å². The van der Waals surface area contributed by atoms with E-state index >= 15 is 0 Å². The third-order valence-electron chi connectivity index (χ3n) is 4.80. The molecule has 0 radical (unpaired) electrons. The summed E-state index contributed by atoms with van der Waals surface area (Å²) in [4.78, 5) is 2.60. The van der Waals surface area contributed by atoms with E-state index in [1.54, 1.807) is 11.3 Å². The summed E-state index contributed by atoms with van der Waals surface area (Å²) in [7, 11) is 0. The maximum absolute atomic E-state index is 6.28. The van der Waals surface area contributed by atoms with E-state index < -0.39 is 0 Å². The summed E-state index contributed by atoms with van der Waals surface area (Å²) in [5.74, 6) is 1.54. The van der Waals surface area contributed by atoms with Gasteiger partial charge in [0.2, 0.25) is 0 Å². The van der Waals surface area contributed by atoms with Gasteiger partial charge < -0.3 is 5.73 Å². The average Bonchev–Trinajstić information content (AvgIpc) is 2.95.